The van der Waals surface area contributed by atoms with Gasteiger partial charge in [0, 0.05) is 5.39 Å². The van der Waals surface area contributed by atoms with E-state index in [9.17, 15) is 4.79 Å². The van der Waals surface area contributed by atoms with E-state index in [2.05, 4.69) is 40.5 Å². The Labute approximate surface area is 154 Å². The second-order valence-corrected chi connectivity index (χ2v) is 7.23. The number of rotatable bonds is 5. The topological polar surface area (TPSA) is 57.0 Å². The third kappa shape index (κ3) is 3.12. The first-order chi connectivity index (χ1) is 12.2. The van der Waals surface area contributed by atoms with Crippen LogP contribution in [0.15, 0.2) is 41.6 Å². The summed E-state index contributed by atoms with van der Waals surface area (Å²) in [6, 6.07) is 12.5. The molecule has 1 aromatic heterocycles. The molecule has 1 heterocycles. The van der Waals surface area contributed by atoms with Crippen molar-refractivity contribution in [2.24, 2.45) is 0 Å². The smallest absolute Gasteiger partial charge is 0.316 e. The molecule has 0 atom stereocenters. The van der Waals surface area contributed by atoms with Crippen LogP contribution in [-0.2, 0) is 9.53 Å². The highest BCUT2D eigenvalue weighted by Crippen LogP contribution is 2.44. The minimum atomic E-state index is -0.315. The molecule has 0 unspecified atom stereocenters. The fourth-order valence-electron chi connectivity index (χ4n) is 2.98. The Balaban J connectivity index is 1.81. The van der Waals surface area contributed by atoms with Crippen molar-refractivity contribution in [3.05, 3.63) is 47.2 Å². The third-order valence-corrected chi connectivity index (χ3v) is 5.48. The summed E-state index contributed by atoms with van der Waals surface area (Å²) in [5.74, 6) is 0.497. The molecule has 0 spiro atoms. The molecule has 4 rings (SSSR count). The molecule has 0 radical (unpaired) electrons. The minimum Gasteiger partial charge on any atom is -0.468 e. The van der Waals surface area contributed by atoms with Crippen molar-refractivity contribution in [2.75, 3.05) is 12.9 Å². The maximum absolute atomic E-state index is 11.4. The number of methoxy groups -OCH3 is 1. The first-order valence-electron chi connectivity index (χ1n) is 8.01. The molecule has 7 heteroatoms. The molecule has 1 aliphatic carbocycles. The molecule has 0 aliphatic heterocycles. The second kappa shape index (κ2) is 6.69. The van der Waals surface area contributed by atoms with Gasteiger partial charge in [-0.25, -0.2) is 0 Å². The maximum atomic E-state index is 11.4. The number of ether oxygens (including phenoxy) is 1. The highest BCUT2D eigenvalue weighted by atomic mass is 35.5. The molecule has 1 fully saturated rings. The van der Waals surface area contributed by atoms with Crippen LogP contribution in [0.1, 0.15) is 24.3 Å². The Morgan fingerprint density at radius 3 is 2.72 bits per heavy atom. The molecular weight excluding hydrogens is 358 g/mol. The molecule has 0 N–H and O–H groups in total. The fraction of sp³-hybridized carbons (Fsp3) is 0.278. The average molecular weight is 374 g/mol. The first kappa shape index (κ1) is 16.4. The van der Waals surface area contributed by atoms with E-state index in [-0.39, 0.29) is 17.0 Å². The number of thioether (sulfide) groups is 1. The van der Waals surface area contributed by atoms with Gasteiger partial charge in [0.05, 0.1) is 18.6 Å². The van der Waals surface area contributed by atoms with Crippen molar-refractivity contribution < 1.29 is 9.53 Å². The summed E-state index contributed by atoms with van der Waals surface area (Å²) in [7, 11) is 1.37. The standard InChI is InChI=1S/C18H16ClN3O2S/c1-24-16(23)10-25-18-21-20-17(19)22(18)15-9-8-12(11-6-7-11)13-4-2-3-5-14(13)15/h2-5,8-9,11H,6-7,10H2,1H3. The lowest BCUT2D eigenvalue weighted by atomic mass is 9.99. The largest absolute Gasteiger partial charge is 0.468 e. The van der Waals surface area contributed by atoms with Crippen molar-refractivity contribution >= 4 is 40.1 Å². The summed E-state index contributed by atoms with van der Waals surface area (Å²) < 4.78 is 6.48. The van der Waals surface area contributed by atoms with E-state index in [1.807, 2.05) is 6.07 Å². The molecule has 1 aliphatic rings. The number of aromatic nitrogens is 3. The summed E-state index contributed by atoms with van der Waals surface area (Å²) in [5, 5.41) is 11.3. The lowest BCUT2D eigenvalue weighted by Crippen LogP contribution is -2.05. The van der Waals surface area contributed by atoms with E-state index < -0.39 is 0 Å². The van der Waals surface area contributed by atoms with Gasteiger partial charge < -0.3 is 4.74 Å². The van der Waals surface area contributed by atoms with Crippen molar-refractivity contribution in [2.45, 2.75) is 23.9 Å². The third-order valence-electron chi connectivity index (χ3n) is 4.33. The Kier molecular flexibility index (Phi) is 4.39. The van der Waals surface area contributed by atoms with E-state index in [1.54, 1.807) is 4.57 Å². The van der Waals surface area contributed by atoms with Crippen LogP contribution in [0.2, 0.25) is 5.28 Å². The van der Waals surface area contributed by atoms with Gasteiger partial charge in [0.2, 0.25) is 5.28 Å². The maximum Gasteiger partial charge on any atom is 0.316 e. The van der Waals surface area contributed by atoms with Crippen LogP contribution >= 0.6 is 23.4 Å². The van der Waals surface area contributed by atoms with Crippen LogP contribution in [0.5, 0.6) is 0 Å². The zero-order valence-corrected chi connectivity index (χ0v) is 15.2. The van der Waals surface area contributed by atoms with Crippen LogP contribution < -0.4 is 0 Å². The van der Waals surface area contributed by atoms with Gasteiger partial charge >= 0.3 is 5.97 Å². The van der Waals surface area contributed by atoms with Crippen LogP contribution in [0.4, 0.5) is 0 Å². The van der Waals surface area contributed by atoms with Gasteiger partial charge in [0.1, 0.15) is 0 Å². The molecule has 0 amide bonds. The monoisotopic (exact) mass is 373 g/mol. The minimum absolute atomic E-state index is 0.156. The van der Waals surface area contributed by atoms with Crippen LogP contribution in [-0.4, -0.2) is 33.6 Å². The summed E-state index contributed by atoms with van der Waals surface area (Å²) in [6.07, 6.45) is 2.49. The van der Waals surface area contributed by atoms with Crippen molar-refractivity contribution in [3.8, 4) is 5.69 Å². The van der Waals surface area contributed by atoms with Gasteiger partial charge in [-0.05, 0) is 47.4 Å². The van der Waals surface area contributed by atoms with Gasteiger partial charge in [0.15, 0.2) is 5.16 Å². The highest BCUT2D eigenvalue weighted by molar-refractivity contribution is 7.99. The molecule has 0 saturated heterocycles. The number of hydrogen-bond acceptors (Lipinski definition) is 5. The summed E-state index contributed by atoms with van der Waals surface area (Å²) in [4.78, 5) is 11.4. The van der Waals surface area contributed by atoms with E-state index in [4.69, 9.17) is 16.3 Å². The van der Waals surface area contributed by atoms with E-state index in [0.717, 1.165) is 11.1 Å². The van der Waals surface area contributed by atoms with Crippen LogP contribution in [0.3, 0.4) is 0 Å². The SMILES string of the molecule is COC(=O)CSc1nnc(Cl)n1-c1ccc(C2CC2)c2ccccc12. The Morgan fingerprint density at radius 1 is 1.24 bits per heavy atom. The quantitative estimate of drug-likeness (QED) is 0.495. The lowest BCUT2D eigenvalue weighted by molar-refractivity contribution is -0.137. The molecule has 3 aromatic rings. The van der Waals surface area contributed by atoms with Gasteiger partial charge in [-0.3, -0.25) is 9.36 Å². The lowest BCUT2D eigenvalue weighted by Gasteiger charge is -2.13. The zero-order chi connectivity index (χ0) is 17.4. The molecule has 25 heavy (non-hydrogen) atoms. The highest BCUT2D eigenvalue weighted by Gasteiger charge is 2.26. The number of nitrogens with zero attached hydrogens (tertiary/aromatic N) is 3. The molecule has 2 aromatic carbocycles. The molecule has 0 bridgehead atoms. The molecule has 128 valence electrons. The van der Waals surface area contributed by atoms with Crippen LogP contribution in [0.25, 0.3) is 16.5 Å². The Hall–Kier alpha value is -2.05. The zero-order valence-electron chi connectivity index (χ0n) is 13.6. The number of hydrogen-bond donors (Lipinski definition) is 0. The van der Waals surface area contributed by atoms with E-state index in [0.29, 0.717) is 11.1 Å². The average Bonchev–Trinajstić information content (AvgIpc) is 3.42. The number of fused-ring (bicyclic) bond motifs is 1. The van der Waals surface area contributed by atoms with Gasteiger partial charge in [-0.15, -0.1) is 10.2 Å². The second-order valence-electron chi connectivity index (χ2n) is 5.95. The number of carbonyl (C=O) groups excluding carboxylic acids is 1. The normalized spacial score (nSPS) is 14.0. The molecule has 5 nitrogen and oxygen atoms in total. The van der Waals surface area contributed by atoms with Crippen molar-refractivity contribution in [3.63, 3.8) is 0 Å². The number of benzene rings is 2. The van der Waals surface area contributed by atoms with E-state index >= 15 is 0 Å². The van der Waals surface area contributed by atoms with E-state index in [1.165, 1.54) is 42.7 Å². The van der Waals surface area contributed by atoms with Gasteiger partial charge in [-0.1, -0.05) is 42.1 Å². The Bertz CT molecular complexity index is 953. The fourth-order valence-corrected chi connectivity index (χ4v) is 4.02. The number of carbonyl (C=O) groups is 1. The predicted molar refractivity (Wildman–Crippen MR) is 98.6 cm³/mol. The first-order valence-corrected chi connectivity index (χ1v) is 9.38. The molecular formula is C18H16ClN3O2S. The Morgan fingerprint density at radius 2 is 2.00 bits per heavy atom. The van der Waals surface area contributed by atoms with Crippen LogP contribution in [0, 0.1) is 0 Å². The number of halogens is 1. The van der Waals surface area contributed by atoms with Crippen molar-refractivity contribution in [1.29, 1.82) is 0 Å². The predicted octanol–water partition coefficient (Wildman–Crippen LogP) is 4.22. The summed E-state index contributed by atoms with van der Waals surface area (Å²) in [5.41, 5.74) is 2.30. The van der Waals surface area contributed by atoms with Crippen molar-refractivity contribution in [1.82, 2.24) is 14.8 Å². The summed E-state index contributed by atoms with van der Waals surface area (Å²) >= 11 is 7.56. The van der Waals surface area contributed by atoms with Gasteiger partial charge in [0.25, 0.3) is 0 Å². The molecule has 1 saturated carbocycles. The van der Waals surface area contributed by atoms with Gasteiger partial charge in [-0.2, -0.15) is 0 Å². The summed E-state index contributed by atoms with van der Waals surface area (Å²) in [6.45, 7) is 0. The number of esters is 1.